The van der Waals surface area contributed by atoms with E-state index in [1.807, 2.05) is 41.0 Å². The molecule has 2 saturated heterocycles. The third-order valence-corrected chi connectivity index (χ3v) is 15.4. The van der Waals surface area contributed by atoms with Crippen molar-refractivity contribution in [3.8, 4) is 21.6 Å². The van der Waals surface area contributed by atoms with Crippen LogP contribution in [0, 0.1) is 12.3 Å². The number of aromatic nitrogens is 5. The monoisotopic (exact) mass is 992 g/mol. The number of rotatable bonds is 12. The van der Waals surface area contributed by atoms with Crippen LogP contribution in [0.1, 0.15) is 118 Å². The molecule has 7 heterocycles. The topological polar surface area (TPSA) is 188 Å². The molecule has 5 aromatic rings. The van der Waals surface area contributed by atoms with Crippen molar-refractivity contribution in [2.24, 2.45) is 5.41 Å². The van der Waals surface area contributed by atoms with Gasteiger partial charge >= 0.3 is 0 Å². The molecule has 9 rings (SSSR count). The highest BCUT2D eigenvalue weighted by atomic mass is 32.1. The summed E-state index contributed by atoms with van der Waals surface area (Å²) in [5, 5.41) is 21.7. The Kier molecular flexibility index (Phi) is 14.4. The first-order valence-corrected chi connectivity index (χ1v) is 25.4. The fraction of sp³-hybridized carbons (Fsp3) is 0.500. The maximum absolute atomic E-state index is 15.2. The van der Waals surface area contributed by atoms with Crippen LogP contribution in [0.15, 0.2) is 54.3 Å². The Hall–Kier alpha value is -6.18. The van der Waals surface area contributed by atoms with Crippen molar-refractivity contribution in [3.05, 3.63) is 93.8 Å². The number of β-amino-alcohol motifs (C(OH)–C–C–N with tert-alkyl or cyclic N) is 1. The second-order valence-corrected chi connectivity index (χ2v) is 21.2. The van der Waals surface area contributed by atoms with E-state index in [0.29, 0.717) is 56.3 Å². The van der Waals surface area contributed by atoms with Gasteiger partial charge in [0.15, 0.2) is 5.82 Å². The number of aliphatic hydroxyl groups excluding tert-OH is 1. The number of aliphatic hydroxyl groups is 1. The lowest BCUT2D eigenvalue weighted by Crippen LogP contribution is -2.58. The van der Waals surface area contributed by atoms with Crippen LogP contribution in [0.3, 0.4) is 0 Å². The van der Waals surface area contributed by atoms with Gasteiger partial charge in [-0.3, -0.25) is 23.9 Å². The molecule has 4 amide bonds. The summed E-state index contributed by atoms with van der Waals surface area (Å²) in [5.74, 6) is -0.642. The number of halogens is 2. The van der Waals surface area contributed by atoms with Crippen LogP contribution in [-0.4, -0.2) is 114 Å². The molecule has 19 heteroatoms. The number of likely N-dealkylation sites (tertiary alicyclic amines) is 1. The molecule has 16 nitrogen and oxygen atoms in total. The average molecular weight is 993 g/mol. The van der Waals surface area contributed by atoms with Crippen LogP contribution in [0.2, 0.25) is 0 Å². The van der Waals surface area contributed by atoms with E-state index in [4.69, 9.17) is 9.84 Å². The lowest BCUT2D eigenvalue weighted by Gasteiger charge is -2.36. The number of ether oxygens (including phenoxy) is 1. The van der Waals surface area contributed by atoms with Crippen LogP contribution < -0.4 is 15.5 Å². The highest BCUT2D eigenvalue weighted by molar-refractivity contribution is 7.13. The van der Waals surface area contributed by atoms with Gasteiger partial charge in [-0.2, -0.15) is 5.10 Å². The van der Waals surface area contributed by atoms with Gasteiger partial charge in [0, 0.05) is 99.6 Å². The molecular weight excluding hydrogens is 931 g/mol. The highest BCUT2D eigenvalue weighted by Crippen LogP contribution is 2.46. The molecule has 4 atom stereocenters. The quantitative estimate of drug-likeness (QED) is 0.117. The molecule has 3 aromatic heterocycles. The highest BCUT2D eigenvalue weighted by Gasteiger charge is 2.45. The Morgan fingerprint density at radius 2 is 1.72 bits per heavy atom. The van der Waals surface area contributed by atoms with Gasteiger partial charge in [0.1, 0.15) is 17.9 Å². The zero-order valence-corrected chi connectivity index (χ0v) is 41.9. The van der Waals surface area contributed by atoms with E-state index >= 15 is 8.78 Å². The van der Waals surface area contributed by atoms with Crippen molar-refractivity contribution in [1.29, 1.82) is 0 Å². The molecule has 0 saturated carbocycles. The van der Waals surface area contributed by atoms with Crippen LogP contribution >= 0.6 is 11.3 Å². The van der Waals surface area contributed by atoms with Gasteiger partial charge < -0.3 is 35.2 Å². The number of amides is 4. The fourth-order valence-corrected chi connectivity index (χ4v) is 11.2. The summed E-state index contributed by atoms with van der Waals surface area (Å²) in [5.41, 5.74) is 7.85. The second kappa shape index (κ2) is 20.5. The van der Waals surface area contributed by atoms with E-state index < -0.39 is 47.7 Å². The van der Waals surface area contributed by atoms with Crippen molar-refractivity contribution >= 4 is 46.5 Å². The van der Waals surface area contributed by atoms with Crippen LogP contribution in [-0.2, 0) is 49.8 Å². The molecule has 0 spiro atoms. The first-order valence-electron chi connectivity index (χ1n) is 24.5. The molecule has 0 aliphatic carbocycles. The second-order valence-electron chi connectivity index (χ2n) is 20.4. The number of benzene rings is 2. The summed E-state index contributed by atoms with van der Waals surface area (Å²) >= 11 is 1.56. The normalized spacial score (nSPS) is 19.9. The van der Waals surface area contributed by atoms with Crippen molar-refractivity contribution in [3.63, 3.8) is 0 Å². The van der Waals surface area contributed by atoms with E-state index in [2.05, 4.69) is 37.2 Å². The molecule has 71 heavy (non-hydrogen) atoms. The number of carbonyl (C=O) groups is 4. The number of alkyl halides is 2. The number of thiazole rings is 1. The molecule has 2 aromatic carbocycles. The molecule has 3 N–H and O–H groups in total. The van der Waals surface area contributed by atoms with Gasteiger partial charge in [-0.05, 0) is 71.9 Å². The van der Waals surface area contributed by atoms with Crippen LogP contribution in [0.25, 0.3) is 21.6 Å². The van der Waals surface area contributed by atoms with E-state index in [-0.39, 0.29) is 60.7 Å². The summed E-state index contributed by atoms with van der Waals surface area (Å²) in [6.07, 6.45) is 1.88. The minimum atomic E-state index is -2.84. The average Bonchev–Trinajstić information content (AvgIpc) is 4.08. The molecule has 4 aliphatic heterocycles. The number of fused-ring (bicyclic) bond motifs is 2. The maximum Gasteiger partial charge on any atom is 0.264 e. The zero-order valence-electron chi connectivity index (χ0n) is 41.1. The summed E-state index contributed by atoms with van der Waals surface area (Å²) in [4.78, 5) is 73.6. The SMILES string of the molecule is CC(=O)N1CCc2c(c(N3CCC(C)c4cc(-c5cnc(CC(=O)N[C@H](C(=O)N6C[C@H](O)C[C@H]6C(=O)NCc6ccc(-c7scnc7C)cc6)C(C)(C)C)nc5)c(C(F)F)cc43)nn2C2CCOCC2)C1. The van der Waals surface area contributed by atoms with E-state index in [1.54, 1.807) is 56.7 Å². The third-order valence-electron chi connectivity index (χ3n) is 14.4. The van der Waals surface area contributed by atoms with Crippen molar-refractivity contribution in [2.75, 3.05) is 37.7 Å². The lowest BCUT2D eigenvalue weighted by atomic mass is 9.85. The van der Waals surface area contributed by atoms with E-state index in [0.717, 1.165) is 57.8 Å². The van der Waals surface area contributed by atoms with Crippen LogP contribution in [0.5, 0.6) is 0 Å². The molecule has 0 radical (unpaired) electrons. The first kappa shape index (κ1) is 49.8. The largest absolute Gasteiger partial charge is 0.391 e. The Labute approximate surface area is 416 Å². The van der Waals surface area contributed by atoms with E-state index in [9.17, 15) is 24.3 Å². The fourth-order valence-electron chi connectivity index (χ4n) is 10.4. The predicted molar refractivity (Wildman–Crippen MR) is 264 cm³/mol. The molecule has 376 valence electrons. The van der Waals surface area contributed by atoms with Crippen LogP contribution in [0.4, 0.5) is 20.3 Å². The minimum absolute atomic E-state index is 0.0246. The smallest absolute Gasteiger partial charge is 0.264 e. The number of hydrogen-bond acceptors (Lipinski definition) is 12. The molecule has 1 unspecified atom stereocenters. The number of carbonyl (C=O) groups excluding carboxylic acids is 4. The van der Waals surface area contributed by atoms with Gasteiger partial charge in [0.2, 0.25) is 23.6 Å². The van der Waals surface area contributed by atoms with Crippen molar-refractivity contribution in [2.45, 2.75) is 130 Å². The number of anilines is 2. The predicted octanol–water partition coefficient (Wildman–Crippen LogP) is 6.96. The molecule has 2 fully saturated rings. The Morgan fingerprint density at radius 1 is 0.986 bits per heavy atom. The lowest BCUT2D eigenvalue weighted by molar-refractivity contribution is -0.144. The third kappa shape index (κ3) is 10.4. The summed E-state index contributed by atoms with van der Waals surface area (Å²) < 4.78 is 38.2. The number of nitrogens with zero attached hydrogens (tertiary/aromatic N) is 8. The van der Waals surface area contributed by atoms with Crippen molar-refractivity contribution < 1.29 is 37.8 Å². The number of nitrogens with one attached hydrogen (secondary N) is 2. The minimum Gasteiger partial charge on any atom is -0.391 e. The molecule has 4 aliphatic rings. The maximum atomic E-state index is 15.2. The van der Waals surface area contributed by atoms with Gasteiger partial charge in [0.05, 0.1) is 41.2 Å². The Bertz CT molecular complexity index is 2790. The number of aryl methyl sites for hydroxylation is 1. The standard InChI is InChI=1S/C52H62F2N10O6S/c1-29-11-16-62(49-40-27-61(31(3)65)15-12-41(40)64(60-49)35-13-17-70-18-14-35)42-21-39(48(53)54)38(20-37(29)42)34-24-55-44(56-25-34)22-45(67)59-47(52(4,5)6)51(69)63-26-36(66)19-43(63)50(68)57-23-32-7-9-33(10-8-32)46-30(2)58-28-71-46/h7-10,20-21,24-25,28-29,35-36,43,47-48,66H,11-19,22-23,26-27H2,1-6H3,(H,57,68)(H,59,67)/t29?,36-,43+,47-/m1/s1. The first-order chi connectivity index (χ1) is 33.9. The van der Waals surface area contributed by atoms with Gasteiger partial charge in [-0.15, -0.1) is 11.3 Å². The molecular formula is C52H62F2N10O6S. The number of hydrogen-bond donors (Lipinski definition) is 3. The summed E-state index contributed by atoms with van der Waals surface area (Å²) in [6, 6.07) is 9.28. The Morgan fingerprint density at radius 3 is 2.38 bits per heavy atom. The van der Waals surface area contributed by atoms with Gasteiger partial charge in [-0.1, -0.05) is 52.0 Å². The van der Waals surface area contributed by atoms with Gasteiger partial charge in [0.25, 0.3) is 6.43 Å². The molecule has 0 bridgehead atoms. The Balaban J connectivity index is 0.896. The van der Waals surface area contributed by atoms with Crippen molar-refractivity contribution in [1.82, 2.24) is 45.2 Å². The van der Waals surface area contributed by atoms with Gasteiger partial charge in [-0.25, -0.2) is 23.7 Å². The summed E-state index contributed by atoms with van der Waals surface area (Å²) in [6.45, 7) is 14.0. The summed E-state index contributed by atoms with van der Waals surface area (Å²) in [7, 11) is 0. The van der Waals surface area contributed by atoms with E-state index in [1.165, 1.54) is 17.3 Å². The zero-order chi connectivity index (χ0) is 50.3.